The molecule has 5 heteroatoms. The van der Waals surface area contributed by atoms with E-state index < -0.39 is 11.6 Å². The molecule has 0 radical (unpaired) electrons. The summed E-state index contributed by atoms with van der Waals surface area (Å²) in [5.74, 6) is -1.07. The second-order valence-corrected chi connectivity index (χ2v) is 4.62. The van der Waals surface area contributed by atoms with Crippen LogP contribution in [0.3, 0.4) is 0 Å². The van der Waals surface area contributed by atoms with Gasteiger partial charge in [-0.3, -0.25) is 4.90 Å². The van der Waals surface area contributed by atoms with Gasteiger partial charge in [-0.15, -0.1) is 0 Å². The Morgan fingerprint density at radius 1 is 1.39 bits per heavy atom. The minimum absolute atomic E-state index is 0.0722. The van der Waals surface area contributed by atoms with Crippen LogP contribution in [0.25, 0.3) is 0 Å². The van der Waals surface area contributed by atoms with Crippen LogP contribution in [0.1, 0.15) is 12.5 Å². The van der Waals surface area contributed by atoms with Gasteiger partial charge in [0, 0.05) is 24.7 Å². The monoisotopic (exact) mass is 257 g/mol. The third-order valence-corrected chi connectivity index (χ3v) is 3.26. The molecule has 0 bridgehead atoms. The van der Waals surface area contributed by atoms with Crippen LogP contribution in [-0.2, 0) is 11.3 Å². The highest BCUT2D eigenvalue weighted by molar-refractivity contribution is 5.19. The average molecular weight is 257 g/mol. The number of rotatable bonds is 3. The third-order valence-electron chi connectivity index (χ3n) is 3.26. The summed E-state index contributed by atoms with van der Waals surface area (Å²) in [6.45, 7) is 2.99. The van der Waals surface area contributed by atoms with Crippen LogP contribution in [0.15, 0.2) is 18.2 Å². The van der Waals surface area contributed by atoms with Crippen molar-refractivity contribution in [1.82, 2.24) is 4.90 Å². The molecule has 1 aromatic rings. The van der Waals surface area contributed by atoms with Crippen molar-refractivity contribution >= 4 is 0 Å². The van der Waals surface area contributed by atoms with Gasteiger partial charge in [0.05, 0.1) is 19.3 Å². The van der Waals surface area contributed by atoms with Gasteiger partial charge in [-0.05, 0) is 19.1 Å². The molecule has 1 N–H and O–H groups in total. The van der Waals surface area contributed by atoms with Gasteiger partial charge >= 0.3 is 0 Å². The Kier molecular flexibility index (Phi) is 4.27. The summed E-state index contributed by atoms with van der Waals surface area (Å²) in [5.41, 5.74) is 0.0722. The van der Waals surface area contributed by atoms with E-state index in [1.165, 1.54) is 18.2 Å². The maximum absolute atomic E-state index is 13.6. The first kappa shape index (κ1) is 13.4. The van der Waals surface area contributed by atoms with Gasteiger partial charge in [0.1, 0.15) is 11.6 Å². The molecule has 2 rings (SSSR count). The molecule has 0 spiro atoms. The van der Waals surface area contributed by atoms with E-state index in [1.807, 2.05) is 11.8 Å². The van der Waals surface area contributed by atoms with Crippen LogP contribution in [0.5, 0.6) is 0 Å². The largest absolute Gasteiger partial charge is 0.394 e. The smallest absolute Gasteiger partial charge is 0.130 e. The zero-order valence-corrected chi connectivity index (χ0v) is 10.3. The van der Waals surface area contributed by atoms with Crippen molar-refractivity contribution < 1.29 is 18.6 Å². The lowest BCUT2D eigenvalue weighted by atomic mass is 10.1. The van der Waals surface area contributed by atoms with Crippen LogP contribution in [0, 0.1) is 11.6 Å². The number of aliphatic hydroxyl groups excluding tert-OH is 1. The molecule has 1 aliphatic heterocycles. The minimum atomic E-state index is -0.533. The van der Waals surface area contributed by atoms with Gasteiger partial charge in [0.15, 0.2) is 0 Å². The van der Waals surface area contributed by atoms with E-state index in [0.29, 0.717) is 13.2 Å². The number of halogens is 2. The summed E-state index contributed by atoms with van der Waals surface area (Å²) >= 11 is 0. The topological polar surface area (TPSA) is 32.7 Å². The van der Waals surface area contributed by atoms with Crippen LogP contribution < -0.4 is 0 Å². The van der Waals surface area contributed by atoms with Crippen LogP contribution in [-0.4, -0.2) is 41.9 Å². The predicted molar refractivity (Wildman–Crippen MR) is 63.1 cm³/mol. The number of hydrogen-bond donors (Lipinski definition) is 1. The predicted octanol–water partition coefficient (Wildman–Crippen LogP) is 1.55. The van der Waals surface area contributed by atoms with E-state index in [2.05, 4.69) is 0 Å². The molecular formula is C13H17F2NO2. The molecular weight excluding hydrogens is 240 g/mol. The highest BCUT2D eigenvalue weighted by Crippen LogP contribution is 2.19. The van der Waals surface area contributed by atoms with E-state index in [1.54, 1.807) is 0 Å². The lowest BCUT2D eigenvalue weighted by Crippen LogP contribution is -2.49. The first-order valence-electron chi connectivity index (χ1n) is 6.01. The fourth-order valence-corrected chi connectivity index (χ4v) is 2.09. The second-order valence-electron chi connectivity index (χ2n) is 4.62. The normalized spacial score (nSPS) is 25.3. The Balaban J connectivity index is 2.12. The first-order valence-corrected chi connectivity index (χ1v) is 6.01. The standard InChI is InChI=1S/C13H17F2NO2/c1-9-8-18-10(7-17)5-16(9)6-11-12(14)3-2-4-13(11)15/h2-4,9-10,17H,5-8H2,1H3. The van der Waals surface area contributed by atoms with Crippen molar-refractivity contribution in [3.63, 3.8) is 0 Å². The number of aliphatic hydroxyl groups is 1. The molecule has 3 nitrogen and oxygen atoms in total. The fourth-order valence-electron chi connectivity index (χ4n) is 2.09. The number of benzene rings is 1. The van der Waals surface area contributed by atoms with E-state index in [0.717, 1.165) is 0 Å². The lowest BCUT2D eigenvalue weighted by Gasteiger charge is -2.37. The molecule has 0 aliphatic carbocycles. The van der Waals surface area contributed by atoms with Crippen LogP contribution >= 0.6 is 0 Å². The molecule has 0 amide bonds. The molecule has 100 valence electrons. The van der Waals surface area contributed by atoms with Crippen LogP contribution in [0.2, 0.25) is 0 Å². The molecule has 0 saturated carbocycles. The van der Waals surface area contributed by atoms with Gasteiger partial charge in [0.25, 0.3) is 0 Å². The van der Waals surface area contributed by atoms with Crippen molar-refractivity contribution in [2.45, 2.75) is 25.6 Å². The van der Waals surface area contributed by atoms with Gasteiger partial charge in [-0.2, -0.15) is 0 Å². The summed E-state index contributed by atoms with van der Waals surface area (Å²) < 4.78 is 32.5. The van der Waals surface area contributed by atoms with Crippen molar-refractivity contribution in [1.29, 1.82) is 0 Å². The van der Waals surface area contributed by atoms with E-state index in [9.17, 15) is 8.78 Å². The molecule has 18 heavy (non-hydrogen) atoms. The summed E-state index contributed by atoms with van der Waals surface area (Å²) in [5, 5.41) is 9.07. The second kappa shape index (κ2) is 5.73. The molecule has 0 aromatic heterocycles. The zero-order valence-electron chi connectivity index (χ0n) is 10.3. The van der Waals surface area contributed by atoms with Gasteiger partial charge in [-0.25, -0.2) is 8.78 Å². The van der Waals surface area contributed by atoms with E-state index >= 15 is 0 Å². The zero-order chi connectivity index (χ0) is 13.1. The summed E-state index contributed by atoms with van der Waals surface area (Å²) in [4.78, 5) is 1.92. The number of ether oxygens (including phenoxy) is 1. The average Bonchev–Trinajstić information content (AvgIpc) is 2.36. The van der Waals surface area contributed by atoms with Crippen molar-refractivity contribution in [2.75, 3.05) is 19.8 Å². The van der Waals surface area contributed by atoms with Gasteiger partial charge < -0.3 is 9.84 Å². The quantitative estimate of drug-likeness (QED) is 0.891. The summed E-state index contributed by atoms with van der Waals surface area (Å²) in [6, 6.07) is 3.94. The van der Waals surface area contributed by atoms with E-state index in [-0.39, 0.29) is 30.9 Å². The number of hydrogen-bond acceptors (Lipinski definition) is 3. The number of nitrogens with zero attached hydrogens (tertiary/aromatic N) is 1. The highest BCUT2D eigenvalue weighted by atomic mass is 19.1. The maximum Gasteiger partial charge on any atom is 0.130 e. The van der Waals surface area contributed by atoms with Gasteiger partial charge in [-0.1, -0.05) is 6.07 Å². The third kappa shape index (κ3) is 2.85. The number of morpholine rings is 1. The Labute approximate surface area is 105 Å². The Morgan fingerprint density at radius 2 is 2.06 bits per heavy atom. The molecule has 1 saturated heterocycles. The highest BCUT2D eigenvalue weighted by Gasteiger charge is 2.27. The Morgan fingerprint density at radius 3 is 2.67 bits per heavy atom. The van der Waals surface area contributed by atoms with E-state index in [4.69, 9.17) is 9.84 Å². The summed E-state index contributed by atoms with van der Waals surface area (Å²) in [6.07, 6.45) is -0.281. The van der Waals surface area contributed by atoms with Crippen molar-refractivity contribution in [2.24, 2.45) is 0 Å². The SMILES string of the molecule is CC1COC(CO)CN1Cc1c(F)cccc1F. The van der Waals surface area contributed by atoms with Crippen molar-refractivity contribution in [3.8, 4) is 0 Å². The van der Waals surface area contributed by atoms with Crippen LogP contribution in [0.4, 0.5) is 8.78 Å². The summed E-state index contributed by atoms with van der Waals surface area (Å²) in [7, 11) is 0. The molecule has 2 atom stereocenters. The fraction of sp³-hybridized carbons (Fsp3) is 0.538. The van der Waals surface area contributed by atoms with Gasteiger partial charge in [0.2, 0.25) is 0 Å². The minimum Gasteiger partial charge on any atom is -0.394 e. The molecule has 1 fully saturated rings. The van der Waals surface area contributed by atoms with Crippen molar-refractivity contribution in [3.05, 3.63) is 35.4 Å². The Bertz CT molecular complexity index is 394. The first-order chi connectivity index (χ1) is 8.61. The Hall–Kier alpha value is -1.04. The lowest BCUT2D eigenvalue weighted by molar-refractivity contribution is -0.0810. The molecule has 1 aromatic carbocycles. The maximum atomic E-state index is 13.6. The molecule has 1 aliphatic rings. The molecule has 1 heterocycles. The molecule has 2 unspecified atom stereocenters.